The normalized spacial score (nSPS) is 12.7. The van der Waals surface area contributed by atoms with Crippen LogP contribution in [0.5, 0.6) is 11.5 Å². The fourth-order valence-corrected chi connectivity index (χ4v) is 1.82. The third kappa shape index (κ3) is 1.79. The van der Waals surface area contributed by atoms with Crippen molar-refractivity contribution in [3.05, 3.63) is 22.2 Å². The van der Waals surface area contributed by atoms with Crippen LogP contribution in [0.1, 0.15) is 17.3 Å². The SMILES string of the molecule is CCOC(=O)c1c(Br)ccc2c1OCO2. The summed E-state index contributed by atoms with van der Waals surface area (Å²) in [5, 5.41) is 0. The van der Waals surface area contributed by atoms with Gasteiger partial charge in [-0.05, 0) is 35.0 Å². The maximum absolute atomic E-state index is 11.6. The molecule has 2 rings (SSSR count). The monoisotopic (exact) mass is 272 g/mol. The molecule has 0 bridgehead atoms. The molecule has 0 unspecified atom stereocenters. The standard InChI is InChI=1S/C10H9BrO4/c1-2-13-10(12)8-6(11)3-4-7-9(8)15-5-14-7/h3-4H,2,5H2,1H3. The van der Waals surface area contributed by atoms with Crippen molar-refractivity contribution in [2.45, 2.75) is 6.92 Å². The molecule has 0 N–H and O–H groups in total. The molecular formula is C10H9BrO4. The van der Waals surface area contributed by atoms with Gasteiger partial charge in [-0.1, -0.05) is 0 Å². The van der Waals surface area contributed by atoms with Gasteiger partial charge in [0.15, 0.2) is 11.5 Å². The second kappa shape index (κ2) is 4.10. The zero-order chi connectivity index (χ0) is 10.8. The summed E-state index contributed by atoms with van der Waals surface area (Å²) in [5.41, 5.74) is 0.381. The summed E-state index contributed by atoms with van der Waals surface area (Å²) in [6, 6.07) is 3.48. The summed E-state index contributed by atoms with van der Waals surface area (Å²) in [6.07, 6.45) is 0. The van der Waals surface area contributed by atoms with Crippen LogP contribution in [0, 0.1) is 0 Å². The Hall–Kier alpha value is -1.23. The Kier molecular flexibility index (Phi) is 2.81. The smallest absolute Gasteiger partial charge is 0.343 e. The van der Waals surface area contributed by atoms with Crippen molar-refractivity contribution in [1.82, 2.24) is 0 Å². The van der Waals surface area contributed by atoms with Crippen LogP contribution in [0.3, 0.4) is 0 Å². The Labute approximate surface area is 95.3 Å². The first-order chi connectivity index (χ1) is 7.24. The number of esters is 1. The lowest BCUT2D eigenvalue weighted by Crippen LogP contribution is -2.07. The van der Waals surface area contributed by atoms with E-state index in [0.29, 0.717) is 28.1 Å². The number of benzene rings is 1. The second-order valence-electron chi connectivity index (χ2n) is 2.88. The lowest BCUT2D eigenvalue weighted by atomic mass is 10.2. The van der Waals surface area contributed by atoms with Gasteiger partial charge in [-0.2, -0.15) is 0 Å². The molecular weight excluding hydrogens is 264 g/mol. The molecule has 0 atom stereocenters. The minimum absolute atomic E-state index is 0.137. The average Bonchev–Trinajstić information content (AvgIpc) is 2.65. The predicted octanol–water partition coefficient (Wildman–Crippen LogP) is 2.35. The molecule has 0 amide bonds. The number of fused-ring (bicyclic) bond motifs is 1. The van der Waals surface area contributed by atoms with Gasteiger partial charge in [-0.15, -0.1) is 0 Å². The van der Waals surface area contributed by atoms with E-state index in [2.05, 4.69) is 15.9 Å². The van der Waals surface area contributed by atoms with Crippen molar-refractivity contribution < 1.29 is 19.0 Å². The largest absolute Gasteiger partial charge is 0.462 e. The number of ether oxygens (including phenoxy) is 3. The molecule has 0 aliphatic carbocycles. The molecule has 5 heteroatoms. The van der Waals surface area contributed by atoms with Crippen molar-refractivity contribution in [3.8, 4) is 11.5 Å². The molecule has 1 aliphatic heterocycles. The Morgan fingerprint density at radius 2 is 2.33 bits per heavy atom. The van der Waals surface area contributed by atoms with E-state index < -0.39 is 5.97 Å². The lowest BCUT2D eigenvalue weighted by molar-refractivity contribution is 0.0520. The zero-order valence-electron chi connectivity index (χ0n) is 8.08. The van der Waals surface area contributed by atoms with Crippen LogP contribution in [0.2, 0.25) is 0 Å². The Morgan fingerprint density at radius 3 is 3.07 bits per heavy atom. The molecule has 0 radical (unpaired) electrons. The van der Waals surface area contributed by atoms with Gasteiger partial charge in [0.25, 0.3) is 0 Å². The molecule has 0 saturated heterocycles. The summed E-state index contributed by atoms with van der Waals surface area (Å²) in [5.74, 6) is 0.607. The van der Waals surface area contributed by atoms with Gasteiger partial charge >= 0.3 is 5.97 Å². The quantitative estimate of drug-likeness (QED) is 0.776. The third-order valence-corrected chi connectivity index (χ3v) is 2.63. The average molecular weight is 273 g/mol. The molecule has 0 spiro atoms. The first-order valence-corrected chi connectivity index (χ1v) is 5.28. The van der Waals surface area contributed by atoms with Gasteiger partial charge in [0.1, 0.15) is 5.56 Å². The maximum atomic E-state index is 11.6. The highest BCUT2D eigenvalue weighted by Crippen LogP contribution is 2.39. The summed E-state index contributed by atoms with van der Waals surface area (Å²) in [7, 11) is 0. The van der Waals surface area contributed by atoms with Gasteiger partial charge in [0.2, 0.25) is 6.79 Å². The first kappa shape index (κ1) is 10.3. The van der Waals surface area contributed by atoms with E-state index in [-0.39, 0.29) is 6.79 Å². The fraction of sp³-hybridized carbons (Fsp3) is 0.300. The minimum atomic E-state index is -0.410. The van der Waals surface area contributed by atoms with Crippen molar-refractivity contribution in [2.75, 3.05) is 13.4 Å². The van der Waals surface area contributed by atoms with E-state index in [0.717, 1.165) is 0 Å². The van der Waals surface area contributed by atoms with Gasteiger partial charge in [-0.3, -0.25) is 0 Å². The number of rotatable bonds is 2. The summed E-state index contributed by atoms with van der Waals surface area (Å²) < 4.78 is 16.0. The number of hydrogen-bond donors (Lipinski definition) is 0. The van der Waals surface area contributed by atoms with E-state index in [9.17, 15) is 4.79 Å². The lowest BCUT2D eigenvalue weighted by Gasteiger charge is -2.07. The van der Waals surface area contributed by atoms with Crippen LogP contribution in [-0.2, 0) is 4.74 Å². The van der Waals surface area contributed by atoms with Crippen LogP contribution in [0.25, 0.3) is 0 Å². The topological polar surface area (TPSA) is 44.8 Å². The van der Waals surface area contributed by atoms with Crippen LogP contribution in [0.4, 0.5) is 0 Å². The number of carbonyl (C=O) groups excluding carboxylic acids is 1. The Bertz CT molecular complexity index is 403. The van der Waals surface area contributed by atoms with Crippen molar-refractivity contribution >= 4 is 21.9 Å². The summed E-state index contributed by atoms with van der Waals surface area (Å²) in [6.45, 7) is 2.22. The van der Waals surface area contributed by atoms with Crippen LogP contribution in [-0.4, -0.2) is 19.4 Å². The molecule has 0 saturated carbocycles. The predicted molar refractivity (Wildman–Crippen MR) is 56.2 cm³/mol. The molecule has 1 aromatic carbocycles. The number of halogens is 1. The molecule has 0 aromatic heterocycles. The summed E-state index contributed by atoms with van der Waals surface area (Å²) >= 11 is 3.28. The van der Waals surface area contributed by atoms with E-state index in [1.165, 1.54) is 0 Å². The highest BCUT2D eigenvalue weighted by atomic mass is 79.9. The molecule has 80 valence electrons. The number of hydrogen-bond acceptors (Lipinski definition) is 4. The molecule has 15 heavy (non-hydrogen) atoms. The van der Waals surface area contributed by atoms with E-state index in [1.54, 1.807) is 19.1 Å². The van der Waals surface area contributed by atoms with Crippen LogP contribution < -0.4 is 9.47 Å². The van der Waals surface area contributed by atoms with Crippen LogP contribution in [0.15, 0.2) is 16.6 Å². The van der Waals surface area contributed by atoms with E-state index in [4.69, 9.17) is 14.2 Å². The van der Waals surface area contributed by atoms with Gasteiger partial charge < -0.3 is 14.2 Å². The highest BCUT2D eigenvalue weighted by Gasteiger charge is 2.25. The number of carbonyl (C=O) groups is 1. The van der Waals surface area contributed by atoms with Gasteiger partial charge in [-0.25, -0.2) is 4.79 Å². The van der Waals surface area contributed by atoms with Gasteiger partial charge in [0, 0.05) is 4.47 Å². The summed E-state index contributed by atoms with van der Waals surface area (Å²) in [4.78, 5) is 11.6. The molecule has 1 aromatic rings. The fourth-order valence-electron chi connectivity index (χ4n) is 1.34. The highest BCUT2D eigenvalue weighted by molar-refractivity contribution is 9.10. The maximum Gasteiger partial charge on any atom is 0.343 e. The second-order valence-corrected chi connectivity index (χ2v) is 3.73. The van der Waals surface area contributed by atoms with Crippen molar-refractivity contribution in [3.63, 3.8) is 0 Å². The van der Waals surface area contributed by atoms with E-state index in [1.807, 2.05) is 0 Å². The first-order valence-electron chi connectivity index (χ1n) is 4.49. The van der Waals surface area contributed by atoms with Crippen molar-refractivity contribution in [1.29, 1.82) is 0 Å². The van der Waals surface area contributed by atoms with E-state index >= 15 is 0 Å². The molecule has 0 fully saturated rings. The molecule has 1 aliphatic rings. The molecule has 4 nitrogen and oxygen atoms in total. The Balaban J connectivity index is 2.45. The zero-order valence-corrected chi connectivity index (χ0v) is 9.67. The van der Waals surface area contributed by atoms with Crippen molar-refractivity contribution in [2.24, 2.45) is 0 Å². The van der Waals surface area contributed by atoms with Gasteiger partial charge in [0.05, 0.1) is 6.61 Å². The minimum Gasteiger partial charge on any atom is -0.462 e. The Morgan fingerprint density at radius 1 is 1.53 bits per heavy atom. The van der Waals surface area contributed by atoms with Crippen LogP contribution >= 0.6 is 15.9 Å². The molecule has 1 heterocycles. The third-order valence-electron chi connectivity index (χ3n) is 1.97.